The monoisotopic (exact) mass is 536 g/mol. The van der Waals surface area contributed by atoms with Crippen LogP contribution in [-0.2, 0) is 25.8 Å². The van der Waals surface area contributed by atoms with Crippen LogP contribution in [0.25, 0.3) is 11.1 Å². The number of nitrogens with one attached hydrogen (secondary N) is 2. The van der Waals surface area contributed by atoms with Crippen LogP contribution in [-0.4, -0.2) is 6.54 Å². The largest absolute Gasteiger partial charge is 0.359 e. The van der Waals surface area contributed by atoms with Crippen LogP contribution >= 0.6 is 0 Å². The second-order valence-electron chi connectivity index (χ2n) is 11.3. The van der Waals surface area contributed by atoms with E-state index >= 15 is 4.39 Å². The Kier molecular flexibility index (Phi) is 10.2. The van der Waals surface area contributed by atoms with Crippen molar-refractivity contribution in [2.45, 2.75) is 72.8 Å². The van der Waals surface area contributed by atoms with Crippen LogP contribution in [0.4, 0.5) is 10.1 Å². The van der Waals surface area contributed by atoms with E-state index in [2.05, 4.69) is 87.9 Å². The fourth-order valence-corrected chi connectivity index (χ4v) is 5.84. The first-order valence-corrected chi connectivity index (χ1v) is 14.8. The molecule has 210 valence electrons. The smallest absolute Gasteiger partial charge is 0.130 e. The number of aryl methyl sites for hydroxylation is 2. The van der Waals surface area contributed by atoms with E-state index < -0.39 is 0 Å². The second-order valence-corrected chi connectivity index (χ2v) is 11.3. The quantitative estimate of drug-likeness (QED) is 0.178. The molecule has 2 N–H and O–H groups in total. The van der Waals surface area contributed by atoms with E-state index in [9.17, 15) is 0 Å². The zero-order chi connectivity index (χ0) is 28.6. The van der Waals surface area contributed by atoms with Crippen molar-refractivity contribution in [3.63, 3.8) is 0 Å². The van der Waals surface area contributed by atoms with Crippen LogP contribution in [0.2, 0.25) is 0 Å². The molecule has 0 saturated carbocycles. The molecule has 1 heterocycles. The van der Waals surface area contributed by atoms with E-state index in [1.165, 1.54) is 22.3 Å². The molecule has 1 unspecified atom stereocenters. The molecule has 0 aromatic heterocycles. The third-order valence-corrected chi connectivity index (χ3v) is 8.10. The molecule has 0 aliphatic carbocycles. The average Bonchev–Trinajstić information content (AvgIpc) is 2.94. The number of benzene rings is 3. The summed E-state index contributed by atoms with van der Waals surface area (Å²) >= 11 is 0. The highest BCUT2D eigenvalue weighted by atomic mass is 19.1. The van der Waals surface area contributed by atoms with Gasteiger partial charge in [0.2, 0.25) is 0 Å². The van der Waals surface area contributed by atoms with Gasteiger partial charge in [-0.25, -0.2) is 4.39 Å². The Labute approximate surface area is 241 Å². The Morgan fingerprint density at radius 1 is 1.07 bits per heavy atom. The Balaban J connectivity index is 1.61. The van der Waals surface area contributed by atoms with E-state index in [4.69, 9.17) is 0 Å². The molecular formula is C37H45FN2. The van der Waals surface area contributed by atoms with Crippen molar-refractivity contribution < 1.29 is 4.39 Å². The van der Waals surface area contributed by atoms with Crippen molar-refractivity contribution in [3.05, 3.63) is 124 Å². The predicted octanol–water partition coefficient (Wildman–Crippen LogP) is 9.43. The van der Waals surface area contributed by atoms with Crippen LogP contribution in [0.1, 0.15) is 79.0 Å². The van der Waals surface area contributed by atoms with Gasteiger partial charge in [0.25, 0.3) is 0 Å². The summed E-state index contributed by atoms with van der Waals surface area (Å²) < 4.78 is 15.3. The van der Waals surface area contributed by atoms with Gasteiger partial charge in [0, 0.05) is 29.9 Å². The number of allylic oxidation sites excluding steroid dienone is 4. The highest BCUT2D eigenvalue weighted by molar-refractivity contribution is 5.95. The summed E-state index contributed by atoms with van der Waals surface area (Å²) in [5, 5.41) is 6.95. The molecule has 2 nitrogen and oxygen atoms in total. The van der Waals surface area contributed by atoms with E-state index in [0.717, 1.165) is 85.3 Å². The average molecular weight is 537 g/mol. The van der Waals surface area contributed by atoms with Gasteiger partial charge in [-0.15, -0.1) is 0 Å². The van der Waals surface area contributed by atoms with E-state index in [0.29, 0.717) is 11.5 Å². The maximum absolute atomic E-state index is 15.3. The van der Waals surface area contributed by atoms with Crippen molar-refractivity contribution in [2.24, 2.45) is 5.92 Å². The van der Waals surface area contributed by atoms with Crippen molar-refractivity contribution in [1.82, 2.24) is 5.32 Å². The van der Waals surface area contributed by atoms with Crippen molar-refractivity contribution in [3.8, 4) is 0 Å². The highest BCUT2D eigenvalue weighted by Gasteiger charge is 2.18. The summed E-state index contributed by atoms with van der Waals surface area (Å²) in [4.78, 5) is 0. The maximum atomic E-state index is 15.3. The van der Waals surface area contributed by atoms with Gasteiger partial charge in [-0.1, -0.05) is 83.2 Å². The number of hydrogen-bond donors (Lipinski definition) is 2. The van der Waals surface area contributed by atoms with Gasteiger partial charge in [-0.2, -0.15) is 0 Å². The molecule has 4 rings (SSSR count). The molecule has 1 aliphatic heterocycles. The van der Waals surface area contributed by atoms with Gasteiger partial charge in [0.05, 0.1) is 0 Å². The normalized spacial score (nSPS) is 14.2. The number of rotatable bonds is 12. The van der Waals surface area contributed by atoms with Crippen LogP contribution in [0.5, 0.6) is 0 Å². The molecule has 0 radical (unpaired) electrons. The van der Waals surface area contributed by atoms with Gasteiger partial charge in [-0.3, -0.25) is 0 Å². The molecule has 3 heteroatoms. The van der Waals surface area contributed by atoms with E-state index in [1.54, 1.807) is 6.07 Å². The SMILES string of the molecule is C=C/C(=C(\CC(C)CCC)c1cc(CC)ccc1F)c1ccc(CC(=C)Nc2ccc3c(c2)CCNC3)c(C)c1. The first kappa shape index (κ1) is 29.6. The Morgan fingerprint density at radius 2 is 1.90 bits per heavy atom. The van der Waals surface area contributed by atoms with Gasteiger partial charge < -0.3 is 10.6 Å². The molecule has 3 aromatic carbocycles. The van der Waals surface area contributed by atoms with Gasteiger partial charge in [0.1, 0.15) is 5.82 Å². The molecule has 0 fully saturated rings. The Bertz CT molecular complexity index is 1400. The molecule has 1 aliphatic rings. The first-order chi connectivity index (χ1) is 19.3. The summed E-state index contributed by atoms with van der Waals surface area (Å²) in [6.45, 7) is 19.2. The predicted molar refractivity (Wildman–Crippen MR) is 171 cm³/mol. The molecular weight excluding hydrogens is 491 g/mol. The van der Waals surface area contributed by atoms with Crippen molar-refractivity contribution >= 4 is 16.8 Å². The molecule has 0 amide bonds. The summed E-state index contributed by atoms with van der Waals surface area (Å²) in [5.74, 6) is 0.290. The van der Waals surface area contributed by atoms with Crippen LogP contribution in [0, 0.1) is 18.7 Å². The molecule has 40 heavy (non-hydrogen) atoms. The Hall–Kier alpha value is -3.43. The van der Waals surface area contributed by atoms with E-state index in [1.807, 2.05) is 18.2 Å². The van der Waals surface area contributed by atoms with Gasteiger partial charge in [-0.05, 0) is 107 Å². The van der Waals surface area contributed by atoms with Crippen molar-refractivity contribution in [1.29, 1.82) is 0 Å². The zero-order valence-corrected chi connectivity index (χ0v) is 24.8. The molecule has 3 aromatic rings. The number of anilines is 1. The summed E-state index contributed by atoms with van der Waals surface area (Å²) in [7, 11) is 0. The molecule has 1 atom stereocenters. The minimum absolute atomic E-state index is 0.163. The number of hydrogen-bond acceptors (Lipinski definition) is 2. The topological polar surface area (TPSA) is 24.1 Å². The lowest BCUT2D eigenvalue weighted by Gasteiger charge is -2.20. The van der Waals surface area contributed by atoms with E-state index in [-0.39, 0.29) is 5.82 Å². The number of fused-ring (bicyclic) bond motifs is 1. The van der Waals surface area contributed by atoms with Crippen LogP contribution in [0.15, 0.2) is 79.5 Å². The summed E-state index contributed by atoms with van der Waals surface area (Å²) in [6.07, 6.45) is 7.63. The summed E-state index contributed by atoms with van der Waals surface area (Å²) in [5.41, 5.74) is 12.3. The third kappa shape index (κ3) is 7.20. The minimum atomic E-state index is -0.163. The molecule has 0 spiro atoms. The van der Waals surface area contributed by atoms with Crippen LogP contribution in [0.3, 0.4) is 0 Å². The first-order valence-electron chi connectivity index (χ1n) is 14.8. The third-order valence-electron chi connectivity index (χ3n) is 8.10. The van der Waals surface area contributed by atoms with Gasteiger partial charge >= 0.3 is 0 Å². The lowest BCUT2D eigenvalue weighted by molar-refractivity contribution is 0.536. The standard InChI is InChI=1S/C37H45FN2/c1-7-10-25(4)19-35(36-22-28(8-2)11-16-37(36)38)34(9-3)31-13-12-29(26(5)20-31)21-27(6)40-33-15-14-32-24-39-18-17-30(32)23-33/h9,11-16,20,22-23,25,39-40H,3,6-8,10,17-19,21,24H2,1-2,4-5H3/b35-34-. The highest BCUT2D eigenvalue weighted by Crippen LogP contribution is 2.36. The second kappa shape index (κ2) is 13.8. The lowest BCUT2D eigenvalue weighted by Crippen LogP contribution is -2.23. The molecule has 0 saturated heterocycles. The maximum Gasteiger partial charge on any atom is 0.130 e. The summed E-state index contributed by atoms with van der Waals surface area (Å²) in [6, 6.07) is 18.7. The van der Waals surface area contributed by atoms with Crippen molar-refractivity contribution in [2.75, 3.05) is 11.9 Å². The zero-order valence-electron chi connectivity index (χ0n) is 24.8. The molecule has 0 bridgehead atoms. The lowest BCUT2D eigenvalue weighted by atomic mass is 9.85. The fraction of sp³-hybridized carbons (Fsp3) is 0.351. The fourth-order valence-electron chi connectivity index (χ4n) is 5.84. The van der Waals surface area contributed by atoms with Crippen LogP contribution < -0.4 is 10.6 Å². The Morgan fingerprint density at radius 3 is 2.62 bits per heavy atom. The van der Waals surface area contributed by atoms with Gasteiger partial charge in [0.15, 0.2) is 0 Å². The minimum Gasteiger partial charge on any atom is -0.359 e. The number of halogens is 1.